The highest BCUT2D eigenvalue weighted by molar-refractivity contribution is 4.89. The van der Waals surface area contributed by atoms with Crippen LogP contribution in [0.5, 0.6) is 0 Å². The molecule has 2 saturated carbocycles. The summed E-state index contributed by atoms with van der Waals surface area (Å²) < 4.78 is 0. The van der Waals surface area contributed by atoms with Gasteiger partial charge in [0.05, 0.1) is 0 Å². The molecule has 2 aliphatic carbocycles. The molecule has 9 heavy (non-hydrogen) atoms. The van der Waals surface area contributed by atoms with Crippen molar-refractivity contribution in [2.75, 3.05) is 0 Å². The topological polar surface area (TPSA) is 0 Å². The van der Waals surface area contributed by atoms with Crippen molar-refractivity contribution in [3.8, 4) is 0 Å². The molecule has 0 aromatic rings. The fraction of sp³-hybridized carbons (Fsp3) is 1.00. The van der Waals surface area contributed by atoms with E-state index in [9.17, 15) is 0 Å². The van der Waals surface area contributed by atoms with Gasteiger partial charge in [-0.15, -0.1) is 0 Å². The molecule has 2 atom stereocenters. The van der Waals surface area contributed by atoms with Crippen molar-refractivity contribution in [2.24, 2.45) is 11.3 Å². The van der Waals surface area contributed by atoms with Crippen LogP contribution in [0.2, 0.25) is 0 Å². The highest BCUT2D eigenvalue weighted by Crippen LogP contribution is 2.50. The molecule has 0 aliphatic heterocycles. The summed E-state index contributed by atoms with van der Waals surface area (Å²) in [5, 5.41) is 0. The second-order valence-corrected chi connectivity index (χ2v) is 4.31. The molecule has 2 fully saturated rings. The third-order valence-electron chi connectivity index (χ3n) is 3.33. The molecule has 0 amide bonds. The molecule has 0 nitrogen and oxygen atoms in total. The molecule has 2 bridgehead atoms. The van der Waals surface area contributed by atoms with Crippen molar-refractivity contribution in [1.82, 2.24) is 0 Å². The summed E-state index contributed by atoms with van der Waals surface area (Å²) in [5.41, 5.74) is 0.795. The standard InChI is InChI=1S/C9H16/c1-9-5-2-3-8(7-9)4-6-9/h8H,2-7H2,1H3/t8-,9-/m1/s1. The van der Waals surface area contributed by atoms with E-state index in [1.165, 1.54) is 32.1 Å². The summed E-state index contributed by atoms with van der Waals surface area (Å²) in [6.45, 7) is 2.48. The van der Waals surface area contributed by atoms with Crippen molar-refractivity contribution in [3.63, 3.8) is 0 Å². The first-order valence-electron chi connectivity index (χ1n) is 4.29. The summed E-state index contributed by atoms with van der Waals surface area (Å²) >= 11 is 0. The molecular weight excluding hydrogens is 108 g/mol. The highest BCUT2D eigenvalue weighted by atomic mass is 14.4. The first kappa shape index (κ1) is 5.76. The molecule has 52 valence electrons. The fourth-order valence-corrected chi connectivity index (χ4v) is 2.74. The van der Waals surface area contributed by atoms with E-state index in [0.29, 0.717) is 0 Å². The van der Waals surface area contributed by atoms with Gasteiger partial charge in [0, 0.05) is 0 Å². The lowest BCUT2D eigenvalue weighted by molar-refractivity contribution is 0.238. The average molecular weight is 124 g/mol. The summed E-state index contributed by atoms with van der Waals surface area (Å²) in [5.74, 6) is 1.13. The van der Waals surface area contributed by atoms with Crippen LogP contribution in [-0.2, 0) is 0 Å². The second kappa shape index (κ2) is 1.74. The van der Waals surface area contributed by atoms with E-state index in [1.807, 2.05) is 0 Å². The van der Waals surface area contributed by atoms with Gasteiger partial charge in [-0.2, -0.15) is 0 Å². The van der Waals surface area contributed by atoms with Crippen molar-refractivity contribution in [3.05, 3.63) is 0 Å². The van der Waals surface area contributed by atoms with Crippen LogP contribution in [0.1, 0.15) is 45.4 Å². The van der Waals surface area contributed by atoms with Gasteiger partial charge in [-0.3, -0.25) is 0 Å². The van der Waals surface area contributed by atoms with Crippen molar-refractivity contribution < 1.29 is 0 Å². The Balaban J connectivity index is 2.13. The van der Waals surface area contributed by atoms with Gasteiger partial charge in [0.25, 0.3) is 0 Å². The fourth-order valence-electron chi connectivity index (χ4n) is 2.74. The van der Waals surface area contributed by atoms with E-state index in [4.69, 9.17) is 0 Å². The third-order valence-corrected chi connectivity index (χ3v) is 3.33. The predicted octanol–water partition coefficient (Wildman–Crippen LogP) is 2.98. The zero-order valence-electron chi connectivity index (χ0n) is 6.32. The average Bonchev–Trinajstić information content (AvgIpc) is 2.07. The van der Waals surface area contributed by atoms with Gasteiger partial charge in [0.2, 0.25) is 0 Å². The van der Waals surface area contributed by atoms with Crippen LogP contribution in [-0.4, -0.2) is 0 Å². The van der Waals surface area contributed by atoms with E-state index in [-0.39, 0.29) is 0 Å². The Morgan fingerprint density at radius 1 is 1.22 bits per heavy atom. The number of hydrogen-bond donors (Lipinski definition) is 0. The second-order valence-electron chi connectivity index (χ2n) is 4.31. The monoisotopic (exact) mass is 124 g/mol. The minimum absolute atomic E-state index is 0.795. The Kier molecular flexibility index (Phi) is 1.12. The van der Waals surface area contributed by atoms with Gasteiger partial charge in [-0.1, -0.05) is 19.8 Å². The summed E-state index contributed by atoms with van der Waals surface area (Å²) in [7, 11) is 0. The largest absolute Gasteiger partial charge is 0.0596 e. The van der Waals surface area contributed by atoms with Crippen LogP contribution in [0.4, 0.5) is 0 Å². The van der Waals surface area contributed by atoms with Crippen LogP contribution in [0, 0.1) is 11.3 Å². The van der Waals surface area contributed by atoms with Crippen LogP contribution < -0.4 is 0 Å². The zero-order valence-corrected chi connectivity index (χ0v) is 6.32. The van der Waals surface area contributed by atoms with Crippen LogP contribution in [0.25, 0.3) is 0 Å². The van der Waals surface area contributed by atoms with Crippen molar-refractivity contribution in [2.45, 2.75) is 45.4 Å². The Bertz CT molecular complexity index is 113. The molecule has 0 unspecified atom stereocenters. The third kappa shape index (κ3) is 0.889. The Morgan fingerprint density at radius 2 is 2.11 bits per heavy atom. The molecule has 0 saturated heterocycles. The molecule has 0 heterocycles. The molecule has 0 aromatic heterocycles. The predicted molar refractivity (Wildman–Crippen MR) is 39.3 cm³/mol. The minimum atomic E-state index is 0.795. The number of rotatable bonds is 0. The molecule has 0 aromatic carbocycles. The van der Waals surface area contributed by atoms with Gasteiger partial charge < -0.3 is 0 Å². The molecule has 0 heteroatoms. The van der Waals surface area contributed by atoms with Crippen LogP contribution in [0.15, 0.2) is 0 Å². The van der Waals surface area contributed by atoms with Gasteiger partial charge in [0.1, 0.15) is 0 Å². The lowest BCUT2D eigenvalue weighted by Gasteiger charge is -2.28. The van der Waals surface area contributed by atoms with Crippen LogP contribution >= 0.6 is 0 Å². The summed E-state index contributed by atoms with van der Waals surface area (Å²) in [6, 6.07) is 0. The van der Waals surface area contributed by atoms with Crippen molar-refractivity contribution >= 4 is 0 Å². The Morgan fingerprint density at radius 3 is 2.78 bits per heavy atom. The summed E-state index contributed by atoms with van der Waals surface area (Å²) in [6.07, 6.45) is 9.18. The number of hydrogen-bond acceptors (Lipinski definition) is 0. The molecule has 0 N–H and O–H groups in total. The van der Waals surface area contributed by atoms with Gasteiger partial charge in [0.15, 0.2) is 0 Å². The van der Waals surface area contributed by atoms with Gasteiger partial charge >= 0.3 is 0 Å². The maximum atomic E-state index is 2.48. The van der Waals surface area contributed by atoms with Gasteiger partial charge in [-0.05, 0) is 37.0 Å². The maximum Gasteiger partial charge on any atom is -0.0323 e. The van der Waals surface area contributed by atoms with E-state index in [0.717, 1.165) is 11.3 Å². The Hall–Kier alpha value is 0. The van der Waals surface area contributed by atoms with E-state index in [1.54, 1.807) is 6.42 Å². The van der Waals surface area contributed by atoms with Crippen LogP contribution in [0.3, 0.4) is 0 Å². The molecule has 2 rings (SSSR count). The van der Waals surface area contributed by atoms with E-state index < -0.39 is 0 Å². The summed E-state index contributed by atoms with van der Waals surface area (Å²) in [4.78, 5) is 0. The molecule has 2 aliphatic rings. The maximum absolute atomic E-state index is 2.48. The van der Waals surface area contributed by atoms with E-state index in [2.05, 4.69) is 6.92 Å². The highest BCUT2D eigenvalue weighted by Gasteiger charge is 2.37. The minimum Gasteiger partial charge on any atom is -0.0596 e. The van der Waals surface area contributed by atoms with Crippen molar-refractivity contribution in [1.29, 1.82) is 0 Å². The lowest BCUT2D eigenvalue weighted by Crippen LogP contribution is -2.15. The first-order valence-corrected chi connectivity index (χ1v) is 4.29. The first-order chi connectivity index (χ1) is 4.29. The van der Waals surface area contributed by atoms with E-state index >= 15 is 0 Å². The number of fused-ring (bicyclic) bond motifs is 2. The molecule has 0 spiro atoms. The molecular formula is C9H16. The van der Waals surface area contributed by atoms with Gasteiger partial charge in [-0.25, -0.2) is 0 Å². The normalized spacial score (nSPS) is 49.7. The quantitative estimate of drug-likeness (QED) is 0.465. The smallest absolute Gasteiger partial charge is 0.0323 e. The lowest BCUT2D eigenvalue weighted by atomic mass is 9.78. The Labute approximate surface area is 57.6 Å². The zero-order chi connectivity index (χ0) is 6.32. The molecule has 0 radical (unpaired) electrons. The SMILES string of the molecule is C[C@@]12CCC[C@H](CC1)C2.